The standard InChI is InChI=1S/C21H20N4O3S/c1-3-12-29-21-23-20(27)17-15-6-4-5-7-16(15)22-19(25(17)24-21)18(26)13-8-10-14(28-2)11-9-13/h4-11,19H,3,12H2,1-2H3,(H,23,24,27). The maximum absolute atomic E-state index is 13.3. The third-order valence-corrected chi connectivity index (χ3v) is 5.64. The second kappa shape index (κ2) is 8.08. The van der Waals surface area contributed by atoms with Crippen molar-refractivity contribution in [3.8, 4) is 5.75 Å². The molecule has 7 nitrogen and oxygen atoms in total. The lowest BCUT2D eigenvalue weighted by molar-refractivity contribution is -0.115. The number of carbonyl (C=O) groups is 2. The van der Waals surface area contributed by atoms with Crippen molar-refractivity contribution in [1.82, 2.24) is 10.3 Å². The normalized spacial score (nSPS) is 17.5. The Labute approximate surface area is 172 Å². The Hall–Kier alpha value is -3.13. The number of nitrogens with zero attached hydrogens (tertiary/aromatic N) is 3. The maximum Gasteiger partial charge on any atom is 0.276 e. The first kappa shape index (κ1) is 19.2. The summed E-state index contributed by atoms with van der Waals surface area (Å²) in [6.07, 6.45) is -0.00561. The molecule has 0 spiro atoms. The first-order valence-electron chi connectivity index (χ1n) is 9.30. The first-order valence-corrected chi connectivity index (χ1v) is 10.3. The van der Waals surface area contributed by atoms with Crippen molar-refractivity contribution in [2.75, 3.05) is 12.9 Å². The van der Waals surface area contributed by atoms with E-state index < -0.39 is 6.17 Å². The van der Waals surface area contributed by atoms with Crippen LogP contribution in [0.5, 0.6) is 5.75 Å². The van der Waals surface area contributed by atoms with E-state index in [2.05, 4.69) is 22.3 Å². The van der Waals surface area contributed by atoms with Gasteiger partial charge in [-0.3, -0.25) is 14.9 Å². The summed E-state index contributed by atoms with van der Waals surface area (Å²) in [6.45, 7) is 2.05. The maximum atomic E-state index is 13.3. The quantitative estimate of drug-likeness (QED) is 0.758. The van der Waals surface area contributed by atoms with Gasteiger partial charge in [0.1, 0.15) is 11.4 Å². The van der Waals surface area contributed by atoms with Crippen LogP contribution in [0.1, 0.15) is 23.7 Å². The van der Waals surface area contributed by atoms with E-state index in [9.17, 15) is 9.59 Å². The van der Waals surface area contributed by atoms with Gasteiger partial charge in [0.05, 0.1) is 12.5 Å². The molecule has 2 aromatic rings. The van der Waals surface area contributed by atoms with E-state index in [-0.39, 0.29) is 11.7 Å². The highest BCUT2D eigenvalue weighted by Crippen LogP contribution is 2.24. The van der Waals surface area contributed by atoms with E-state index >= 15 is 0 Å². The van der Waals surface area contributed by atoms with Crippen LogP contribution in [0.3, 0.4) is 0 Å². The molecule has 1 amide bonds. The average molecular weight is 408 g/mol. The lowest BCUT2D eigenvalue weighted by atomic mass is 10.1. The van der Waals surface area contributed by atoms with Gasteiger partial charge in [0.2, 0.25) is 11.9 Å². The summed E-state index contributed by atoms with van der Waals surface area (Å²) in [5.74, 6) is 0.951. The monoisotopic (exact) mass is 408 g/mol. The Kier molecular flexibility index (Phi) is 5.35. The van der Waals surface area contributed by atoms with Crippen molar-refractivity contribution < 1.29 is 14.3 Å². The summed E-state index contributed by atoms with van der Waals surface area (Å²) in [5.41, 5.74) is 0.811. The highest BCUT2D eigenvalue weighted by atomic mass is 32.2. The highest BCUT2D eigenvalue weighted by Gasteiger charge is 2.37. The van der Waals surface area contributed by atoms with Crippen molar-refractivity contribution in [2.24, 2.45) is 10.1 Å². The third kappa shape index (κ3) is 3.63. The average Bonchev–Trinajstić information content (AvgIpc) is 2.76. The zero-order valence-corrected chi connectivity index (χ0v) is 16.9. The Morgan fingerprint density at radius 1 is 1.21 bits per heavy atom. The third-order valence-electron chi connectivity index (χ3n) is 4.57. The number of hydrogen-bond acceptors (Lipinski definition) is 7. The second-order valence-electron chi connectivity index (χ2n) is 6.51. The Bertz CT molecular complexity index is 1110. The minimum Gasteiger partial charge on any atom is -0.497 e. The lowest BCUT2D eigenvalue weighted by Crippen LogP contribution is -2.54. The van der Waals surface area contributed by atoms with Crippen LogP contribution in [0, 0.1) is 0 Å². The fraction of sp³-hybridized carbons (Fsp3) is 0.238. The highest BCUT2D eigenvalue weighted by molar-refractivity contribution is 8.13. The van der Waals surface area contributed by atoms with Crippen LogP contribution in [-0.4, -0.2) is 40.9 Å². The van der Waals surface area contributed by atoms with Crippen LogP contribution in [0.15, 0.2) is 58.6 Å². The number of ketones is 1. The number of hydrazone groups is 1. The van der Waals surface area contributed by atoms with Crippen LogP contribution < -0.4 is 20.6 Å². The molecule has 29 heavy (non-hydrogen) atoms. The summed E-state index contributed by atoms with van der Waals surface area (Å²) < 4.78 is 5.17. The molecule has 2 aliphatic heterocycles. The van der Waals surface area contributed by atoms with E-state index in [1.807, 2.05) is 18.2 Å². The zero-order chi connectivity index (χ0) is 20.4. The molecule has 0 aliphatic carbocycles. The number of benzene rings is 2. The molecule has 2 heterocycles. The number of ether oxygens (including phenoxy) is 1. The summed E-state index contributed by atoms with van der Waals surface area (Å²) in [5, 5.41) is 10.6. The number of amidine groups is 1. The van der Waals surface area contributed by atoms with E-state index in [4.69, 9.17) is 4.74 Å². The van der Waals surface area contributed by atoms with Crippen LogP contribution in [0.25, 0.3) is 5.70 Å². The van der Waals surface area contributed by atoms with Gasteiger partial charge in [0.15, 0.2) is 5.17 Å². The number of hydrogen-bond donors (Lipinski definition) is 1. The van der Waals surface area contributed by atoms with E-state index in [1.165, 1.54) is 16.8 Å². The van der Waals surface area contributed by atoms with Crippen molar-refractivity contribution >= 4 is 34.3 Å². The molecule has 2 aliphatic rings. The number of nitrogens with one attached hydrogen (secondary N) is 1. The number of thioether (sulfide) groups is 1. The summed E-state index contributed by atoms with van der Waals surface area (Å²) >= 11 is 1.45. The van der Waals surface area contributed by atoms with Gasteiger partial charge in [0.25, 0.3) is 5.91 Å². The summed E-state index contributed by atoms with van der Waals surface area (Å²) in [6, 6.07) is 14.1. The number of fused-ring (bicyclic) bond motifs is 2. The van der Waals surface area contributed by atoms with Gasteiger partial charge in [0, 0.05) is 16.5 Å². The van der Waals surface area contributed by atoms with E-state index in [0.717, 1.165) is 12.2 Å². The summed E-state index contributed by atoms with van der Waals surface area (Å²) in [4.78, 5) is 30.8. The Morgan fingerprint density at radius 2 is 1.97 bits per heavy atom. The fourth-order valence-corrected chi connectivity index (χ4v) is 3.87. The number of amides is 1. The molecule has 148 valence electrons. The molecule has 2 aromatic carbocycles. The number of carbonyl (C=O) groups excluding carboxylic acids is 2. The lowest BCUT2D eigenvalue weighted by Gasteiger charge is -2.33. The molecule has 1 N–H and O–H groups in total. The Balaban J connectivity index is 1.81. The van der Waals surface area contributed by atoms with Gasteiger partial charge in [-0.2, -0.15) is 0 Å². The molecule has 0 aromatic heterocycles. The van der Waals surface area contributed by atoms with Crippen molar-refractivity contribution in [2.45, 2.75) is 19.5 Å². The van der Waals surface area contributed by atoms with Gasteiger partial charge in [-0.25, -0.2) is 10.0 Å². The SMILES string of the molecule is CCCSC1=NN2C(=c3ccccc3=NC2C(=O)c2ccc(OC)cc2)C(=O)N1. The van der Waals surface area contributed by atoms with Crippen LogP contribution in [-0.2, 0) is 4.79 Å². The molecule has 0 fully saturated rings. The van der Waals surface area contributed by atoms with Gasteiger partial charge >= 0.3 is 0 Å². The number of rotatable bonds is 5. The predicted octanol–water partition coefficient (Wildman–Crippen LogP) is 1.49. The van der Waals surface area contributed by atoms with Crippen molar-refractivity contribution in [3.63, 3.8) is 0 Å². The molecule has 0 saturated heterocycles. The minimum atomic E-state index is -0.948. The van der Waals surface area contributed by atoms with E-state index in [0.29, 0.717) is 32.8 Å². The minimum absolute atomic E-state index is 0.238. The van der Waals surface area contributed by atoms with E-state index in [1.54, 1.807) is 37.4 Å². The van der Waals surface area contributed by atoms with Crippen molar-refractivity contribution in [3.05, 3.63) is 64.7 Å². The van der Waals surface area contributed by atoms with Crippen LogP contribution in [0.2, 0.25) is 0 Å². The number of methoxy groups -OCH3 is 1. The molecule has 0 bridgehead atoms. The van der Waals surface area contributed by atoms with Gasteiger partial charge < -0.3 is 4.74 Å². The zero-order valence-electron chi connectivity index (χ0n) is 16.1. The summed E-state index contributed by atoms with van der Waals surface area (Å²) in [7, 11) is 1.57. The predicted molar refractivity (Wildman–Crippen MR) is 112 cm³/mol. The first-order chi connectivity index (χ1) is 14.1. The molecular weight excluding hydrogens is 388 g/mol. The number of para-hydroxylation sites is 1. The molecule has 8 heteroatoms. The number of Topliss-reactive ketones (excluding diaryl/α,β-unsaturated/α-hetero) is 1. The van der Waals surface area contributed by atoms with Crippen molar-refractivity contribution in [1.29, 1.82) is 0 Å². The molecule has 0 saturated carbocycles. The van der Waals surface area contributed by atoms with Gasteiger partial charge in [-0.15, -0.1) is 5.10 Å². The molecule has 1 atom stereocenters. The fourth-order valence-electron chi connectivity index (χ4n) is 3.17. The second-order valence-corrected chi connectivity index (χ2v) is 7.60. The molecular formula is C21H20N4O3S. The Morgan fingerprint density at radius 3 is 2.69 bits per heavy atom. The molecule has 1 unspecified atom stereocenters. The topological polar surface area (TPSA) is 83.4 Å². The van der Waals surface area contributed by atoms with Crippen LogP contribution in [0.4, 0.5) is 0 Å². The van der Waals surface area contributed by atoms with Gasteiger partial charge in [-0.1, -0.05) is 36.9 Å². The molecule has 0 radical (unpaired) electrons. The molecule has 4 rings (SSSR count). The van der Waals surface area contributed by atoms with Crippen LogP contribution >= 0.6 is 11.8 Å². The smallest absolute Gasteiger partial charge is 0.276 e. The largest absolute Gasteiger partial charge is 0.497 e. The van der Waals surface area contributed by atoms with Gasteiger partial charge in [-0.05, 0) is 36.8 Å².